The average molecular weight is 305 g/mol. The van der Waals surface area contributed by atoms with E-state index < -0.39 is 5.97 Å². The van der Waals surface area contributed by atoms with Crippen LogP contribution in [0.4, 0.5) is 5.69 Å². The Morgan fingerprint density at radius 3 is 2.62 bits per heavy atom. The van der Waals surface area contributed by atoms with Crippen LogP contribution in [0.15, 0.2) is 47.6 Å². The molecule has 0 radical (unpaired) electrons. The molecule has 0 amide bonds. The summed E-state index contributed by atoms with van der Waals surface area (Å²) in [6, 6.07) is 11.7. The van der Waals surface area contributed by atoms with Gasteiger partial charge in [-0.2, -0.15) is 5.10 Å². The van der Waals surface area contributed by atoms with Gasteiger partial charge in [-0.25, -0.2) is 4.79 Å². The molecule has 0 aliphatic heterocycles. The SMILES string of the molecule is COc1ccc(/C=N\Nc2cc(C(=O)O)ccc2Cl)cc1. The summed E-state index contributed by atoms with van der Waals surface area (Å²) in [6.07, 6.45) is 1.60. The molecule has 2 aromatic rings. The monoisotopic (exact) mass is 304 g/mol. The van der Waals surface area contributed by atoms with E-state index in [1.807, 2.05) is 24.3 Å². The van der Waals surface area contributed by atoms with Crippen LogP contribution in [0.2, 0.25) is 5.02 Å². The van der Waals surface area contributed by atoms with Crippen LogP contribution in [-0.4, -0.2) is 24.4 Å². The molecule has 0 saturated carbocycles. The van der Waals surface area contributed by atoms with E-state index in [9.17, 15) is 4.79 Å². The fourth-order valence-electron chi connectivity index (χ4n) is 1.61. The molecule has 5 nitrogen and oxygen atoms in total. The Kier molecular flexibility index (Phi) is 4.79. The lowest BCUT2D eigenvalue weighted by Crippen LogP contribution is -1.98. The molecule has 0 atom stereocenters. The van der Waals surface area contributed by atoms with Crippen molar-refractivity contribution < 1.29 is 14.6 Å². The first-order valence-corrected chi connectivity index (χ1v) is 6.44. The zero-order valence-electron chi connectivity index (χ0n) is 11.2. The van der Waals surface area contributed by atoms with E-state index in [-0.39, 0.29) is 5.56 Å². The number of ether oxygens (including phenoxy) is 1. The van der Waals surface area contributed by atoms with E-state index in [4.69, 9.17) is 21.4 Å². The van der Waals surface area contributed by atoms with E-state index in [1.54, 1.807) is 13.3 Å². The van der Waals surface area contributed by atoms with E-state index in [1.165, 1.54) is 18.2 Å². The fraction of sp³-hybridized carbons (Fsp3) is 0.0667. The third-order valence-corrected chi connectivity index (χ3v) is 3.06. The van der Waals surface area contributed by atoms with Gasteiger partial charge in [0, 0.05) is 0 Å². The number of hydrazone groups is 1. The molecule has 0 heterocycles. The number of anilines is 1. The fourth-order valence-corrected chi connectivity index (χ4v) is 1.77. The lowest BCUT2D eigenvalue weighted by atomic mass is 10.2. The van der Waals surface area contributed by atoms with Crippen LogP contribution in [0.3, 0.4) is 0 Å². The number of halogens is 1. The van der Waals surface area contributed by atoms with Crippen LogP contribution < -0.4 is 10.2 Å². The lowest BCUT2D eigenvalue weighted by molar-refractivity contribution is 0.0697. The topological polar surface area (TPSA) is 70.9 Å². The van der Waals surface area contributed by atoms with Gasteiger partial charge in [-0.15, -0.1) is 0 Å². The Morgan fingerprint density at radius 1 is 1.29 bits per heavy atom. The van der Waals surface area contributed by atoms with Crippen molar-refractivity contribution in [2.24, 2.45) is 5.10 Å². The van der Waals surface area contributed by atoms with Crippen LogP contribution in [0.25, 0.3) is 0 Å². The number of hydrogen-bond acceptors (Lipinski definition) is 4. The minimum Gasteiger partial charge on any atom is -0.497 e. The minimum atomic E-state index is -1.02. The van der Waals surface area contributed by atoms with Gasteiger partial charge in [0.05, 0.1) is 29.6 Å². The third-order valence-electron chi connectivity index (χ3n) is 2.73. The molecule has 2 N–H and O–H groups in total. The third kappa shape index (κ3) is 3.97. The van der Waals surface area contributed by atoms with E-state index in [0.29, 0.717) is 10.7 Å². The maximum absolute atomic E-state index is 10.9. The van der Waals surface area contributed by atoms with Crippen molar-refractivity contribution in [1.82, 2.24) is 0 Å². The Labute approximate surface area is 126 Å². The van der Waals surface area contributed by atoms with Gasteiger partial charge < -0.3 is 9.84 Å². The molecule has 0 aliphatic rings. The highest BCUT2D eigenvalue weighted by atomic mass is 35.5. The molecular formula is C15H13ClN2O3. The van der Waals surface area contributed by atoms with Crippen molar-refractivity contribution in [2.45, 2.75) is 0 Å². The van der Waals surface area contributed by atoms with Gasteiger partial charge in [0.2, 0.25) is 0 Å². The molecule has 0 fully saturated rings. The van der Waals surface area contributed by atoms with E-state index in [0.717, 1.165) is 11.3 Å². The molecule has 0 bridgehead atoms. The maximum atomic E-state index is 10.9. The second kappa shape index (κ2) is 6.76. The summed E-state index contributed by atoms with van der Waals surface area (Å²) in [5.74, 6) is -0.258. The Bertz CT molecular complexity index is 669. The zero-order chi connectivity index (χ0) is 15.2. The lowest BCUT2D eigenvalue weighted by Gasteiger charge is -2.04. The van der Waals surface area contributed by atoms with Gasteiger partial charge >= 0.3 is 5.97 Å². The summed E-state index contributed by atoms with van der Waals surface area (Å²) in [6.45, 7) is 0. The summed E-state index contributed by atoms with van der Waals surface area (Å²) in [5, 5.41) is 13.4. The summed E-state index contributed by atoms with van der Waals surface area (Å²) >= 11 is 5.98. The molecule has 0 unspecified atom stereocenters. The van der Waals surface area contributed by atoms with Gasteiger partial charge in [0.15, 0.2) is 0 Å². The van der Waals surface area contributed by atoms with Crippen molar-refractivity contribution in [1.29, 1.82) is 0 Å². The molecule has 108 valence electrons. The summed E-state index contributed by atoms with van der Waals surface area (Å²) in [4.78, 5) is 10.9. The molecule has 0 aliphatic carbocycles. The number of carbonyl (C=O) groups is 1. The van der Waals surface area contributed by atoms with Crippen molar-refractivity contribution in [2.75, 3.05) is 12.5 Å². The summed E-state index contributed by atoms with van der Waals surface area (Å²) in [5.41, 5.74) is 4.17. The van der Waals surface area contributed by atoms with Gasteiger partial charge in [-0.1, -0.05) is 11.6 Å². The maximum Gasteiger partial charge on any atom is 0.335 e. The number of rotatable bonds is 5. The number of carboxylic acids is 1. The van der Waals surface area contributed by atoms with Crippen molar-refractivity contribution in [3.63, 3.8) is 0 Å². The molecule has 6 heteroatoms. The number of nitrogens with one attached hydrogen (secondary N) is 1. The quantitative estimate of drug-likeness (QED) is 0.655. The van der Waals surface area contributed by atoms with Gasteiger partial charge in [-0.3, -0.25) is 5.43 Å². The number of methoxy groups -OCH3 is 1. The minimum absolute atomic E-state index is 0.140. The average Bonchev–Trinajstić information content (AvgIpc) is 2.49. The second-order valence-electron chi connectivity index (χ2n) is 4.14. The highest BCUT2D eigenvalue weighted by molar-refractivity contribution is 6.33. The Hall–Kier alpha value is -2.53. The molecule has 2 aromatic carbocycles. The summed E-state index contributed by atoms with van der Waals surface area (Å²) < 4.78 is 5.06. The summed E-state index contributed by atoms with van der Waals surface area (Å²) in [7, 11) is 1.60. The van der Waals surface area contributed by atoms with Crippen LogP contribution in [0.1, 0.15) is 15.9 Å². The number of benzene rings is 2. The normalized spacial score (nSPS) is 10.6. The van der Waals surface area contributed by atoms with Gasteiger partial charge in [0.25, 0.3) is 0 Å². The second-order valence-corrected chi connectivity index (χ2v) is 4.55. The molecule has 2 rings (SSSR count). The molecule has 0 saturated heterocycles. The van der Waals surface area contributed by atoms with Crippen LogP contribution in [0.5, 0.6) is 5.75 Å². The van der Waals surface area contributed by atoms with E-state index in [2.05, 4.69) is 10.5 Å². The molecule has 0 aromatic heterocycles. The molecular weight excluding hydrogens is 292 g/mol. The predicted molar refractivity (Wildman–Crippen MR) is 82.6 cm³/mol. The van der Waals surface area contributed by atoms with Crippen LogP contribution >= 0.6 is 11.6 Å². The zero-order valence-corrected chi connectivity index (χ0v) is 12.0. The molecule has 0 spiro atoms. The number of nitrogens with zero attached hydrogens (tertiary/aromatic N) is 1. The van der Waals surface area contributed by atoms with Gasteiger partial charge in [-0.05, 0) is 48.0 Å². The first-order chi connectivity index (χ1) is 10.1. The molecule has 21 heavy (non-hydrogen) atoms. The van der Waals surface area contributed by atoms with Crippen LogP contribution in [-0.2, 0) is 0 Å². The first kappa shape index (κ1) is 14.9. The van der Waals surface area contributed by atoms with E-state index >= 15 is 0 Å². The highest BCUT2D eigenvalue weighted by Crippen LogP contribution is 2.23. The van der Waals surface area contributed by atoms with Crippen molar-refractivity contribution in [3.05, 3.63) is 58.6 Å². The van der Waals surface area contributed by atoms with Crippen LogP contribution in [0, 0.1) is 0 Å². The smallest absolute Gasteiger partial charge is 0.335 e. The Balaban J connectivity index is 2.09. The van der Waals surface area contributed by atoms with Gasteiger partial charge in [0.1, 0.15) is 5.75 Å². The Morgan fingerprint density at radius 2 is 2.00 bits per heavy atom. The number of carboxylic acid groups (broad SMARTS) is 1. The number of hydrogen-bond donors (Lipinski definition) is 2. The van der Waals surface area contributed by atoms with Crippen molar-refractivity contribution in [3.8, 4) is 5.75 Å². The number of aromatic carboxylic acids is 1. The predicted octanol–water partition coefficient (Wildman–Crippen LogP) is 3.49. The first-order valence-electron chi connectivity index (χ1n) is 6.06. The largest absolute Gasteiger partial charge is 0.497 e. The standard InChI is InChI=1S/C15H13ClN2O3/c1-21-12-5-2-10(3-6-12)9-17-18-14-8-11(15(19)20)4-7-13(14)16/h2-9,18H,1H3,(H,19,20)/b17-9-. The highest BCUT2D eigenvalue weighted by Gasteiger charge is 2.06. The van der Waals surface area contributed by atoms with Crippen molar-refractivity contribution >= 4 is 29.5 Å².